The van der Waals surface area contributed by atoms with Gasteiger partial charge in [-0.25, -0.2) is 8.91 Å². The summed E-state index contributed by atoms with van der Waals surface area (Å²) in [6.45, 7) is 2.28. The van der Waals surface area contributed by atoms with Crippen molar-refractivity contribution in [3.63, 3.8) is 0 Å². The van der Waals surface area contributed by atoms with Gasteiger partial charge in [-0.05, 0) is 69.7 Å². The lowest BCUT2D eigenvalue weighted by molar-refractivity contribution is -0.192. The smallest absolute Gasteiger partial charge is 0.387 e. The summed E-state index contributed by atoms with van der Waals surface area (Å²) in [6, 6.07) is 8.74. The number of hydrogen-bond acceptors (Lipinski definition) is 7. The summed E-state index contributed by atoms with van der Waals surface area (Å²) in [5, 5.41) is 31.6. The molecule has 2 saturated carbocycles. The van der Waals surface area contributed by atoms with Gasteiger partial charge in [-0.1, -0.05) is 0 Å². The second-order valence-electron chi connectivity index (χ2n) is 11.8. The van der Waals surface area contributed by atoms with E-state index in [9.17, 15) is 32.3 Å². The number of halogens is 4. The van der Waals surface area contributed by atoms with Crippen molar-refractivity contribution in [1.82, 2.24) is 25.2 Å². The highest BCUT2D eigenvalue weighted by molar-refractivity contribution is 6.00. The van der Waals surface area contributed by atoms with Gasteiger partial charge >= 0.3 is 6.18 Å². The average Bonchev–Trinajstić information content (AvgIpc) is 3.66. The molecule has 3 heterocycles. The molecule has 0 unspecified atom stereocenters. The predicted octanol–water partition coefficient (Wildman–Crippen LogP) is 3.76. The van der Waals surface area contributed by atoms with Crippen LogP contribution in [0.25, 0.3) is 16.9 Å². The summed E-state index contributed by atoms with van der Waals surface area (Å²) in [5.74, 6) is -1.65. The molecule has 14 heteroatoms. The Morgan fingerprint density at radius 2 is 1.91 bits per heavy atom. The van der Waals surface area contributed by atoms with Gasteiger partial charge in [0.2, 0.25) is 5.91 Å². The Hall–Kier alpha value is -4.25. The quantitative estimate of drug-likeness (QED) is 0.259. The van der Waals surface area contributed by atoms with Crippen LogP contribution >= 0.6 is 0 Å². The maximum absolute atomic E-state index is 14.3. The maximum Gasteiger partial charge on any atom is 0.403 e. The zero-order valence-electron chi connectivity index (χ0n) is 23.5. The van der Waals surface area contributed by atoms with Gasteiger partial charge in [0.25, 0.3) is 5.91 Å². The molecule has 2 aliphatic carbocycles. The number of nitrogens with one attached hydrogen (secondary N) is 3. The highest BCUT2D eigenvalue weighted by Gasteiger charge is 2.68. The Bertz CT molecular complexity index is 1580. The number of carbonyl (C=O) groups is 2. The van der Waals surface area contributed by atoms with Gasteiger partial charge in [0.15, 0.2) is 0 Å². The number of carbonyl (C=O) groups excluding carboxylic acids is 2. The van der Waals surface area contributed by atoms with E-state index in [0.29, 0.717) is 41.0 Å². The van der Waals surface area contributed by atoms with Crippen LogP contribution in [-0.2, 0) is 4.79 Å². The molecule has 3 aromatic rings. The molecule has 2 aliphatic rings. The molecule has 2 amide bonds. The first-order chi connectivity index (χ1) is 20.2. The number of aromatic nitrogens is 3. The van der Waals surface area contributed by atoms with E-state index >= 15 is 0 Å². The lowest BCUT2D eigenvalue weighted by Gasteiger charge is -2.37. The molecule has 228 valence electrons. The summed E-state index contributed by atoms with van der Waals surface area (Å²) in [6.07, 6.45) is -2.84. The van der Waals surface area contributed by atoms with Crippen molar-refractivity contribution < 1.29 is 32.3 Å². The topological polar surface area (TPSA) is 144 Å². The first-order valence-corrected chi connectivity index (χ1v) is 13.9. The first kappa shape index (κ1) is 30.2. The molecule has 0 saturated heterocycles. The molecule has 0 radical (unpaired) electrons. The van der Waals surface area contributed by atoms with E-state index in [4.69, 9.17) is 5.26 Å². The summed E-state index contributed by atoms with van der Waals surface area (Å²) in [5.41, 5.74) is -1.29. The minimum Gasteiger partial charge on any atom is -0.387 e. The first-order valence-electron chi connectivity index (χ1n) is 13.9. The molecular weight excluding hydrogens is 570 g/mol. The van der Waals surface area contributed by atoms with E-state index in [-0.39, 0.29) is 36.9 Å². The average molecular weight is 602 g/mol. The fourth-order valence-electron chi connectivity index (χ4n) is 5.09. The van der Waals surface area contributed by atoms with Crippen molar-refractivity contribution >= 4 is 23.0 Å². The number of amides is 2. The van der Waals surface area contributed by atoms with Crippen molar-refractivity contribution in [2.75, 3.05) is 18.4 Å². The molecule has 4 N–H and O–H groups in total. The van der Waals surface area contributed by atoms with Gasteiger partial charge in [0, 0.05) is 18.8 Å². The fraction of sp³-hybridized carbons (Fsp3) is 0.483. The highest BCUT2D eigenvalue weighted by Crippen LogP contribution is 2.57. The molecule has 0 bridgehead atoms. The normalized spacial score (nSPS) is 20.0. The van der Waals surface area contributed by atoms with E-state index in [2.05, 4.69) is 26.0 Å². The number of aliphatic hydroxyl groups is 1. The zero-order valence-corrected chi connectivity index (χ0v) is 23.5. The Morgan fingerprint density at radius 3 is 2.53 bits per heavy atom. The highest BCUT2D eigenvalue weighted by atomic mass is 19.4. The molecule has 1 atom stereocenters. The number of nitrogens with zero attached hydrogens (tertiary/aromatic N) is 4. The van der Waals surface area contributed by atoms with Crippen LogP contribution in [0.15, 0.2) is 36.7 Å². The third-order valence-electron chi connectivity index (χ3n) is 8.12. The van der Waals surface area contributed by atoms with Crippen LogP contribution < -0.4 is 16.0 Å². The third kappa shape index (κ3) is 6.13. The predicted molar refractivity (Wildman–Crippen MR) is 148 cm³/mol. The number of fused-ring (bicyclic) bond motifs is 1. The van der Waals surface area contributed by atoms with Gasteiger partial charge in [0.05, 0.1) is 52.1 Å². The SMILES string of the molecule is CC(C)(O)[C@H](F)CNC(=O)c1cnc(-c2ccc3cc(C#N)cnn23)cc1N[C@H]1C[C@H](CNC(=O)C2(C(F)(F)F)CC2)C1. The number of anilines is 1. The van der Waals surface area contributed by atoms with Gasteiger partial charge < -0.3 is 21.1 Å². The van der Waals surface area contributed by atoms with Crippen molar-refractivity contribution in [2.24, 2.45) is 11.3 Å². The lowest BCUT2D eigenvalue weighted by atomic mass is 9.80. The summed E-state index contributed by atoms with van der Waals surface area (Å²) in [4.78, 5) is 29.7. The number of pyridine rings is 1. The van der Waals surface area contributed by atoms with Crippen LogP contribution in [0, 0.1) is 22.7 Å². The van der Waals surface area contributed by atoms with Gasteiger partial charge in [-0.3, -0.25) is 14.6 Å². The minimum atomic E-state index is -4.56. The van der Waals surface area contributed by atoms with E-state index in [1.54, 1.807) is 28.8 Å². The molecule has 0 aromatic carbocycles. The van der Waals surface area contributed by atoms with Crippen LogP contribution in [0.3, 0.4) is 0 Å². The number of rotatable bonds is 10. The second kappa shape index (κ2) is 11.1. The fourth-order valence-corrected chi connectivity index (χ4v) is 5.09. The molecule has 43 heavy (non-hydrogen) atoms. The standard InChI is InChI=1S/C29H31F4N7O3/c1-27(2,43)24(30)15-36-25(41)20-14-35-22(23-4-3-19-9-17(11-34)13-38-40(19)23)10-21(20)39-18-7-16(8-18)12-37-26(42)28(5-6-28)29(31,32)33/h3-4,9-10,13-14,16,18,24,43H,5-8,12,15H2,1-2H3,(H,35,39)(H,36,41)(H,37,42)/t16-,18-,24-/m1/s1. The largest absolute Gasteiger partial charge is 0.403 e. The van der Waals surface area contributed by atoms with Gasteiger partial charge in [-0.15, -0.1) is 0 Å². The molecule has 0 spiro atoms. The van der Waals surface area contributed by atoms with Crippen LogP contribution in [0.1, 0.15) is 55.5 Å². The monoisotopic (exact) mass is 601 g/mol. The second-order valence-corrected chi connectivity index (χ2v) is 11.8. The van der Waals surface area contributed by atoms with Crippen LogP contribution in [0.5, 0.6) is 0 Å². The van der Waals surface area contributed by atoms with Crippen LogP contribution in [0.4, 0.5) is 23.2 Å². The number of nitriles is 1. The van der Waals surface area contributed by atoms with Crippen molar-refractivity contribution in [3.05, 3.63) is 47.8 Å². The minimum absolute atomic E-state index is 0.0451. The van der Waals surface area contributed by atoms with E-state index in [1.165, 1.54) is 26.2 Å². The summed E-state index contributed by atoms with van der Waals surface area (Å²) < 4.78 is 55.6. The lowest BCUT2D eigenvalue weighted by Crippen LogP contribution is -2.46. The Morgan fingerprint density at radius 1 is 1.19 bits per heavy atom. The Balaban J connectivity index is 1.31. The molecular formula is C29H31F4N7O3. The Kier molecular flexibility index (Phi) is 7.81. The van der Waals surface area contributed by atoms with E-state index in [1.807, 2.05) is 6.07 Å². The van der Waals surface area contributed by atoms with Crippen LogP contribution in [-0.4, -0.2) is 68.6 Å². The van der Waals surface area contributed by atoms with E-state index < -0.39 is 41.7 Å². The maximum atomic E-state index is 14.3. The van der Waals surface area contributed by atoms with Crippen molar-refractivity contribution in [2.45, 2.75) is 63.5 Å². The molecule has 10 nitrogen and oxygen atoms in total. The molecule has 5 rings (SSSR count). The van der Waals surface area contributed by atoms with E-state index in [0.717, 1.165) is 0 Å². The summed E-state index contributed by atoms with van der Waals surface area (Å²) in [7, 11) is 0. The van der Waals surface area contributed by atoms with Crippen molar-refractivity contribution in [3.8, 4) is 17.5 Å². The van der Waals surface area contributed by atoms with Crippen molar-refractivity contribution in [1.29, 1.82) is 5.26 Å². The third-order valence-corrected chi connectivity index (χ3v) is 8.12. The number of hydrogen-bond donors (Lipinski definition) is 4. The molecule has 0 aliphatic heterocycles. The van der Waals surface area contributed by atoms with Gasteiger partial charge in [0.1, 0.15) is 17.7 Å². The zero-order chi connectivity index (χ0) is 31.2. The molecule has 3 aromatic heterocycles. The molecule has 2 fully saturated rings. The van der Waals surface area contributed by atoms with Gasteiger partial charge in [-0.2, -0.15) is 23.5 Å². The Labute approximate surface area is 244 Å². The summed E-state index contributed by atoms with van der Waals surface area (Å²) >= 11 is 0. The van der Waals surface area contributed by atoms with Crippen LogP contribution in [0.2, 0.25) is 0 Å². The number of alkyl halides is 4.